The molecule has 3 aromatic rings. The SMILES string of the molecule is CC(C)Oc1ncc(-c2nc(-c3cc(F)c(OC[C@H](N)CO)cc3Cl)no2)cc1CO. The van der Waals surface area contributed by atoms with Crippen LogP contribution in [0.4, 0.5) is 4.39 Å². The van der Waals surface area contributed by atoms with Gasteiger partial charge in [-0.15, -0.1) is 0 Å². The maximum atomic E-state index is 14.4. The summed E-state index contributed by atoms with van der Waals surface area (Å²) in [4.78, 5) is 8.44. The molecule has 0 saturated heterocycles. The molecule has 9 nitrogen and oxygen atoms in total. The molecule has 2 aromatic heterocycles. The Labute approximate surface area is 182 Å². The largest absolute Gasteiger partial charge is 0.489 e. The molecular weight excluding hydrogens is 431 g/mol. The van der Waals surface area contributed by atoms with Crippen molar-refractivity contribution in [3.8, 4) is 34.5 Å². The molecule has 0 aliphatic carbocycles. The van der Waals surface area contributed by atoms with Crippen molar-refractivity contribution in [1.29, 1.82) is 0 Å². The summed E-state index contributed by atoms with van der Waals surface area (Å²) < 4.78 is 30.5. The summed E-state index contributed by atoms with van der Waals surface area (Å²) in [5.41, 5.74) is 6.66. The summed E-state index contributed by atoms with van der Waals surface area (Å²) in [5, 5.41) is 22.5. The Kier molecular flexibility index (Phi) is 7.39. The van der Waals surface area contributed by atoms with Crippen molar-refractivity contribution in [2.24, 2.45) is 5.73 Å². The topological polar surface area (TPSA) is 137 Å². The number of benzene rings is 1. The van der Waals surface area contributed by atoms with Gasteiger partial charge in [0, 0.05) is 23.4 Å². The molecule has 1 atom stereocenters. The van der Waals surface area contributed by atoms with E-state index in [-0.39, 0.29) is 54.0 Å². The predicted molar refractivity (Wildman–Crippen MR) is 110 cm³/mol. The molecule has 0 saturated carbocycles. The highest BCUT2D eigenvalue weighted by Gasteiger charge is 2.19. The highest BCUT2D eigenvalue weighted by Crippen LogP contribution is 2.33. The quantitative estimate of drug-likeness (QED) is 0.447. The summed E-state index contributed by atoms with van der Waals surface area (Å²) >= 11 is 6.25. The highest BCUT2D eigenvalue weighted by atomic mass is 35.5. The van der Waals surface area contributed by atoms with Crippen LogP contribution in [-0.4, -0.2) is 50.7 Å². The molecule has 31 heavy (non-hydrogen) atoms. The van der Waals surface area contributed by atoms with Crippen LogP contribution in [0.3, 0.4) is 0 Å². The molecule has 0 unspecified atom stereocenters. The minimum Gasteiger partial charge on any atom is -0.489 e. The smallest absolute Gasteiger partial charge is 0.259 e. The fraction of sp³-hybridized carbons (Fsp3) is 0.350. The molecule has 0 aliphatic heterocycles. The van der Waals surface area contributed by atoms with Crippen molar-refractivity contribution >= 4 is 11.6 Å². The van der Waals surface area contributed by atoms with E-state index in [4.69, 9.17) is 36.4 Å². The minimum atomic E-state index is -0.699. The third kappa shape index (κ3) is 5.47. The van der Waals surface area contributed by atoms with Gasteiger partial charge in [-0.2, -0.15) is 4.98 Å². The maximum Gasteiger partial charge on any atom is 0.259 e. The van der Waals surface area contributed by atoms with Gasteiger partial charge >= 0.3 is 0 Å². The van der Waals surface area contributed by atoms with Crippen molar-refractivity contribution in [3.63, 3.8) is 0 Å². The third-order valence-electron chi connectivity index (χ3n) is 4.07. The number of aliphatic hydroxyl groups is 2. The number of pyridine rings is 1. The summed E-state index contributed by atoms with van der Waals surface area (Å²) in [7, 11) is 0. The van der Waals surface area contributed by atoms with Gasteiger partial charge in [-0.1, -0.05) is 16.8 Å². The lowest BCUT2D eigenvalue weighted by Gasteiger charge is -2.12. The monoisotopic (exact) mass is 452 g/mol. The van der Waals surface area contributed by atoms with Crippen LogP contribution in [0.1, 0.15) is 19.4 Å². The fourth-order valence-corrected chi connectivity index (χ4v) is 2.81. The van der Waals surface area contributed by atoms with Gasteiger partial charge in [0.05, 0.1) is 35.9 Å². The third-order valence-corrected chi connectivity index (χ3v) is 4.38. The number of aliphatic hydroxyl groups excluding tert-OH is 2. The van der Waals surface area contributed by atoms with E-state index in [0.717, 1.165) is 6.07 Å². The second-order valence-corrected chi connectivity index (χ2v) is 7.36. The highest BCUT2D eigenvalue weighted by molar-refractivity contribution is 6.33. The van der Waals surface area contributed by atoms with Crippen LogP contribution in [0.25, 0.3) is 22.8 Å². The van der Waals surface area contributed by atoms with Crippen LogP contribution in [-0.2, 0) is 6.61 Å². The number of ether oxygens (including phenoxy) is 2. The Morgan fingerprint density at radius 3 is 2.71 bits per heavy atom. The summed E-state index contributed by atoms with van der Waals surface area (Å²) in [6.45, 7) is 3.04. The molecule has 0 spiro atoms. The van der Waals surface area contributed by atoms with E-state index in [1.807, 2.05) is 13.8 Å². The number of halogens is 2. The fourth-order valence-electron chi connectivity index (χ4n) is 2.57. The molecule has 11 heteroatoms. The molecule has 0 bridgehead atoms. The number of hydrogen-bond acceptors (Lipinski definition) is 9. The molecule has 0 radical (unpaired) electrons. The first-order valence-electron chi connectivity index (χ1n) is 9.41. The summed E-state index contributed by atoms with van der Waals surface area (Å²) in [5.74, 6) is -0.332. The van der Waals surface area contributed by atoms with Gasteiger partial charge in [-0.05, 0) is 26.0 Å². The van der Waals surface area contributed by atoms with Gasteiger partial charge in [-0.3, -0.25) is 0 Å². The standard InChI is InChI=1S/C20H22ClFN4O5/c1-10(2)30-19-12(7-27)3-11(6-24-19)20-25-18(26-31-20)14-4-16(22)17(5-15(14)21)29-9-13(23)8-28/h3-6,10,13,27-28H,7-9,23H2,1-2H3/t13-/m1/s1. The normalized spacial score (nSPS) is 12.3. The van der Waals surface area contributed by atoms with E-state index < -0.39 is 11.9 Å². The first kappa shape index (κ1) is 22.9. The summed E-state index contributed by atoms with van der Waals surface area (Å²) in [6.07, 6.45) is 1.36. The average molecular weight is 453 g/mol. The predicted octanol–water partition coefficient (Wildman–Crippen LogP) is 2.57. The van der Waals surface area contributed by atoms with Crippen LogP contribution in [0.5, 0.6) is 11.6 Å². The number of hydrogen-bond donors (Lipinski definition) is 3. The van der Waals surface area contributed by atoms with Crippen molar-refractivity contribution in [2.45, 2.75) is 32.6 Å². The van der Waals surface area contributed by atoms with Gasteiger partial charge in [0.15, 0.2) is 11.6 Å². The van der Waals surface area contributed by atoms with Gasteiger partial charge in [0.1, 0.15) is 6.61 Å². The molecular formula is C20H22ClFN4O5. The van der Waals surface area contributed by atoms with E-state index in [2.05, 4.69) is 15.1 Å². The van der Waals surface area contributed by atoms with E-state index in [0.29, 0.717) is 17.0 Å². The Morgan fingerprint density at radius 1 is 1.26 bits per heavy atom. The van der Waals surface area contributed by atoms with Gasteiger partial charge < -0.3 is 29.9 Å². The molecule has 0 aliphatic rings. The molecule has 0 amide bonds. The Balaban J connectivity index is 1.86. The van der Waals surface area contributed by atoms with Crippen LogP contribution < -0.4 is 15.2 Å². The van der Waals surface area contributed by atoms with Crippen LogP contribution in [0.15, 0.2) is 28.9 Å². The molecule has 4 N–H and O–H groups in total. The van der Waals surface area contributed by atoms with Crippen molar-refractivity contribution in [2.75, 3.05) is 13.2 Å². The van der Waals surface area contributed by atoms with Crippen LogP contribution in [0, 0.1) is 5.82 Å². The second kappa shape index (κ2) is 10.0. The van der Waals surface area contributed by atoms with Gasteiger partial charge in [0.25, 0.3) is 5.89 Å². The van der Waals surface area contributed by atoms with Crippen molar-refractivity contribution in [3.05, 3.63) is 40.8 Å². The maximum absolute atomic E-state index is 14.4. The zero-order valence-corrected chi connectivity index (χ0v) is 17.6. The molecule has 0 fully saturated rings. The van der Waals surface area contributed by atoms with E-state index in [1.165, 1.54) is 12.3 Å². The molecule has 166 valence electrons. The van der Waals surface area contributed by atoms with Gasteiger partial charge in [-0.25, -0.2) is 9.37 Å². The van der Waals surface area contributed by atoms with Crippen molar-refractivity contribution in [1.82, 2.24) is 15.1 Å². The Bertz CT molecular complexity index is 1050. The summed E-state index contributed by atoms with van der Waals surface area (Å²) in [6, 6.07) is 3.36. The number of nitrogens with two attached hydrogens (primary N) is 1. The zero-order valence-electron chi connectivity index (χ0n) is 16.9. The first-order chi connectivity index (χ1) is 14.8. The van der Waals surface area contributed by atoms with Crippen LogP contribution in [0.2, 0.25) is 5.02 Å². The zero-order chi connectivity index (χ0) is 22.5. The average Bonchev–Trinajstić information content (AvgIpc) is 3.23. The Hall–Kier alpha value is -2.79. The van der Waals surface area contributed by atoms with Crippen LogP contribution >= 0.6 is 11.6 Å². The van der Waals surface area contributed by atoms with Crippen molar-refractivity contribution < 1.29 is 28.6 Å². The molecule has 1 aromatic carbocycles. The second-order valence-electron chi connectivity index (χ2n) is 6.95. The van der Waals surface area contributed by atoms with Gasteiger partial charge in [0.2, 0.25) is 11.7 Å². The Morgan fingerprint density at radius 2 is 2.03 bits per heavy atom. The first-order valence-corrected chi connectivity index (χ1v) is 9.79. The molecule has 3 rings (SSSR count). The lowest BCUT2D eigenvalue weighted by molar-refractivity contribution is 0.202. The number of rotatable bonds is 9. The lowest BCUT2D eigenvalue weighted by Crippen LogP contribution is -2.31. The molecule has 2 heterocycles. The number of aromatic nitrogens is 3. The van der Waals surface area contributed by atoms with E-state index in [9.17, 15) is 9.50 Å². The van der Waals surface area contributed by atoms with E-state index in [1.54, 1.807) is 6.07 Å². The lowest BCUT2D eigenvalue weighted by atomic mass is 10.2. The van der Waals surface area contributed by atoms with E-state index >= 15 is 0 Å². The minimum absolute atomic E-state index is 0.0607. The number of nitrogens with zero attached hydrogens (tertiary/aromatic N) is 3.